The largest absolute Gasteiger partial charge is 0.508 e. The number of carbonyl (C=O) groups excluding carboxylic acids is 3. The molecule has 0 aliphatic heterocycles. The number of anilines is 1. The second-order valence-corrected chi connectivity index (χ2v) is 11.1. The molecule has 0 radical (unpaired) electrons. The van der Waals surface area contributed by atoms with Gasteiger partial charge in [0.25, 0.3) is 5.91 Å². The maximum atomic E-state index is 14.3. The Morgan fingerprint density at radius 2 is 1.58 bits per heavy atom. The highest BCUT2D eigenvalue weighted by Gasteiger charge is 2.37. The Balaban J connectivity index is 2.08. The minimum absolute atomic E-state index is 0.0137. The van der Waals surface area contributed by atoms with E-state index in [1.54, 1.807) is 57.2 Å². The van der Waals surface area contributed by atoms with E-state index in [-0.39, 0.29) is 12.2 Å². The van der Waals surface area contributed by atoms with Crippen LogP contribution in [0.15, 0.2) is 66.7 Å². The summed E-state index contributed by atoms with van der Waals surface area (Å²) in [4.78, 5) is 42.4. The molecule has 0 spiro atoms. The molecule has 226 valence electrons. The second kappa shape index (κ2) is 14.2. The zero-order chi connectivity index (χ0) is 31.7. The average molecular weight is 587 g/mol. The Morgan fingerprint density at radius 1 is 0.977 bits per heavy atom. The molecule has 0 heterocycles. The first-order chi connectivity index (χ1) is 20.3. The van der Waals surface area contributed by atoms with E-state index < -0.39 is 42.1 Å². The zero-order valence-corrected chi connectivity index (χ0v) is 25.3. The standard InChI is InChI=1S/C33H38N4O6/c1-21-8-7-9-22(2)28(21)29(30(39)35-24-12-16-26(42-6)17-13-24)37(19-18-34)31(40)27(36-32(41)43-33(3,4)5)20-23-10-14-25(38)15-11-23/h7-17,27,29,38H,19-20H2,1-6H3,(H,35,39)(H,36,41). The highest BCUT2D eigenvalue weighted by atomic mass is 16.6. The summed E-state index contributed by atoms with van der Waals surface area (Å²) >= 11 is 0. The van der Waals surface area contributed by atoms with Gasteiger partial charge in [0.05, 0.1) is 13.2 Å². The van der Waals surface area contributed by atoms with Crippen molar-refractivity contribution in [2.24, 2.45) is 0 Å². The second-order valence-electron chi connectivity index (χ2n) is 11.1. The van der Waals surface area contributed by atoms with Crippen LogP contribution in [0.5, 0.6) is 11.5 Å². The lowest BCUT2D eigenvalue weighted by Crippen LogP contribution is -2.53. The Morgan fingerprint density at radius 3 is 2.12 bits per heavy atom. The van der Waals surface area contributed by atoms with Crippen LogP contribution in [0.1, 0.15) is 49.1 Å². The molecule has 0 saturated heterocycles. The molecule has 3 aromatic rings. The lowest BCUT2D eigenvalue weighted by atomic mass is 9.93. The third-order valence-electron chi connectivity index (χ3n) is 6.62. The van der Waals surface area contributed by atoms with E-state index in [1.165, 1.54) is 24.1 Å². The SMILES string of the molecule is COc1ccc(NC(=O)C(c2c(C)cccc2C)N(CC#N)C(=O)C(Cc2ccc(O)cc2)NC(=O)OC(C)(C)C)cc1. The third kappa shape index (κ3) is 8.97. The molecule has 43 heavy (non-hydrogen) atoms. The maximum absolute atomic E-state index is 14.3. The molecule has 0 fully saturated rings. The Bertz CT molecular complexity index is 1450. The smallest absolute Gasteiger partial charge is 0.408 e. The topological polar surface area (TPSA) is 141 Å². The summed E-state index contributed by atoms with van der Waals surface area (Å²) in [6.07, 6.45) is -0.812. The summed E-state index contributed by atoms with van der Waals surface area (Å²) in [6.45, 7) is 8.33. The van der Waals surface area contributed by atoms with E-state index in [0.717, 1.165) is 11.1 Å². The number of rotatable bonds is 10. The monoisotopic (exact) mass is 586 g/mol. The van der Waals surface area contributed by atoms with Gasteiger partial charge < -0.3 is 30.1 Å². The minimum atomic E-state index is -1.21. The van der Waals surface area contributed by atoms with Crippen LogP contribution in [-0.2, 0) is 20.7 Å². The summed E-state index contributed by atoms with van der Waals surface area (Å²) < 4.78 is 10.6. The lowest BCUT2D eigenvalue weighted by molar-refractivity contribution is -0.140. The molecular formula is C33H38N4O6. The summed E-state index contributed by atoms with van der Waals surface area (Å²) in [5.41, 5.74) is 2.34. The molecule has 3 amide bonds. The average Bonchev–Trinajstić information content (AvgIpc) is 2.94. The minimum Gasteiger partial charge on any atom is -0.508 e. The molecule has 0 saturated carbocycles. The number of phenolic OH excluding ortho intramolecular Hbond substituents is 1. The number of aromatic hydroxyl groups is 1. The van der Waals surface area contributed by atoms with E-state index in [9.17, 15) is 24.8 Å². The van der Waals surface area contributed by atoms with Gasteiger partial charge >= 0.3 is 6.09 Å². The zero-order valence-electron chi connectivity index (χ0n) is 25.3. The predicted molar refractivity (Wildman–Crippen MR) is 163 cm³/mol. The van der Waals surface area contributed by atoms with Crippen LogP contribution in [0.4, 0.5) is 10.5 Å². The number of hydrogen-bond donors (Lipinski definition) is 3. The fourth-order valence-electron chi connectivity index (χ4n) is 4.66. The van der Waals surface area contributed by atoms with Crippen molar-refractivity contribution in [1.29, 1.82) is 5.26 Å². The van der Waals surface area contributed by atoms with E-state index in [1.807, 2.05) is 38.1 Å². The van der Waals surface area contributed by atoms with Crippen molar-refractivity contribution in [2.45, 2.75) is 58.7 Å². The number of methoxy groups -OCH3 is 1. The van der Waals surface area contributed by atoms with Gasteiger partial charge in [-0.05, 0) is 93.3 Å². The summed E-state index contributed by atoms with van der Waals surface area (Å²) in [5.74, 6) is -0.538. The van der Waals surface area contributed by atoms with Crippen molar-refractivity contribution in [3.8, 4) is 17.6 Å². The molecule has 3 aromatic carbocycles. The molecule has 0 bridgehead atoms. The molecule has 10 heteroatoms. The van der Waals surface area contributed by atoms with Gasteiger partial charge in [0, 0.05) is 12.1 Å². The van der Waals surface area contributed by atoms with Crippen LogP contribution in [0.2, 0.25) is 0 Å². The molecule has 0 aromatic heterocycles. The van der Waals surface area contributed by atoms with Gasteiger partial charge in [0.1, 0.15) is 35.7 Å². The fourth-order valence-corrected chi connectivity index (χ4v) is 4.66. The molecule has 0 aliphatic rings. The Labute approximate surface area is 252 Å². The predicted octanol–water partition coefficient (Wildman–Crippen LogP) is 5.19. The van der Waals surface area contributed by atoms with Crippen molar-refractivity contribution >= 4 is 23.6 Å². The molecule has 3 rings (SSSR count). The number of phenols is 1. The Kier molecular flexibility index (Phi) is 10.7. The third-order valence-corrected chi connectivity index (χ3v) is 6.62. The molecule has 0 aliphatic carbocycles. The number of benzene rings is 3. The number of nitrogens with one attached hydrogen (secondary N) is 2. The quantitative estimate of drug-likeness (QED) is 0.278. The normalized spacial score (nSPS) is 12.3. The van der Waals surface area contributed by atoms with Crippen molar-refractivity contribution < 1.29 is 29.0 Å². The highest BCUT2D eigenvalue weighted by molar-refractivity contribution is 5.99. The van der Waals surface area contributed by atoms with Crippen molar-refractivity contribution in [3.63, 3.8) is 0 Å². The lowest BCUT2D eigenvalue weighted by Gasteiger charge is -2.34. The number of aryl methyl sites for hydroxylation is 2. The Hall–Kier alpha value is -5.04. The van der Waals surface area contributed by atoms with E-state index in [2.05, 4.69) is 10.6 Å². The number of carbonyl (C=O) groups is 3. The van der Waals surface area contributed by atoms with Gasteiger partial charge in [-0.1, -0.05) is 30.3 Å². The molecule has 10 nitrogen and oxygen atoms in total. The summed E-state index contributed by atoms with van der Waals surface area (Å²) in [5, 5.41) is 25.1. The van der Waals surface area contributed by atoms with E-state index in [4.69, 9.17) is 9.47 Å². The molecular weight excluding hydrogens is 548 g/mol. The number of hydrogen-bond acceptors (Lipinski definition) is 7. The van der Waals surface area contributed by atoms with Crippen LogP contribution < -0.4 is 15.4 Å². The molecule has 2 atom stereocenters. The first kappa shape index (κ1) is 32.5. The van der Waals surface area contributed by atoms with Crippen LogP contribution in [0.3, 0.4) is 0 Å². The number of ether oxygens (including phenoxy) is 2. The van der Waals surface area contributed by atoms with Crippen LogP contribution in [0.25, 0.3) is 0 Å². The van der Waals surface area contributed by atoms with Gasteiger partial charge in [-0.3, -0.25) is 9.59 Å². The number of nitrogens with zero attached hydrogens (tertiary/aromatic N) is 2. The number of amides is 3. The summed E-state index contributed by atoms with van der Waals surface area (Å²) in [6, 6.07) is 18.1. The molecule has 3 N–H and O–H groups in total. The van der Waals surface area contributed by atoms with Crippen LogP contribution in [0, 0.1) is 25.2 Å². The van der Waals surface area contributed by atoms with Gasteiger partial charge in [0.15, 0.2) is 0 Å². The van der Waals surface area contributed by atoms with Crippen molar-refractivity contribution in [1.82, 2.24) is 10.2 Å². The van der Waals surface area contributed by atoms with Gasteiger partial charge in [-0.15, -0.1) is 0 Å². The van der Waals surface area contributed by atoms with Gasteiger partial charge in [-0.25, -0.2) is 4.79 Å². The molecule has 2 unspecified atom stereocenters. The van der Waals surface area contributed by atoms with Gasteiger partial charge in [-0.2, -0.15) is 5.26 Å². The summed E-state index contributed by atoms with van der Waals surface area (Å²) in [7, 11) is 1.54. The first-order valence-corrected chi connectivity index (χ1v) is 13.8. The van der Waals surface area contributed by atoms with Crippen LogP contribution >= 0.6 is 0 Å². The number of nitriles is 1. The highest BCUT2D eigenvalue weighted by Crippen LogP contribution is 2.30. The van der Waals surface area contributed by atoms with Crippen molar-refractivity contribution in [3.05, 3.63) is 89.0 Å². The maximum Gasteiger partial charge on any atom is 0.408 e. The van der Waals surface area contributed by atoms with Gasteiger partial charge in [0.2, 0.25) is 5.91 Å². The fraction of sp³-hybridized carbons (Fsp3) is 0.333. The number of alkyl carbamates (subject to hydrolysis) is 1. The van der Waals surface area contributed by atoms with E-state index in [0.29, 0.717) is 22.6 Å². The van der Waals surface area contributed by atoms with E-state index >= 15 is 0 Å². The van der Waals surface area contributed by atoms with Crippen LogP contribution in [-0.4, -0.2) is 53.2 Å². The van der Waals surface area contributed by atoms with Crippen molar-refractivity contribution in [2.75, 3.05) is 19.0 Å². The first-order valence-electron chi connectivity index (χ1n) is 13.8.